The van der Waals surface area contributed by atoms with Crippen LogP contribution in [0.15, 0.2) is 54.3 Å². The summed E-state index contributed by atoms with van der Waals surface area (Å²) in [7, 11) is 1.88. The van der Waals surface area contributed by atoms with Crippen molar-refractivity contribution in [3.8, 4) is 6.07 Å². The Labute approximate surface area is 174 Å². The fourth-order valence-corrected chi connectivity index (χ4v) is 4.28. The number of aromatic nitrogens is 3. The Morgan fingerprint density at radius 1 is 1.27 bits per heavy atom. The average molecular weight is 398 g/mol. The van der Waals surface area contributed by atoms with Crippen LogP contribution in [0.2, 0.25) is 0 Å². The highest BCUT2D eigenvalue weighted by Gasteiger charge is 2.36. The lowest BCUT2D eigenvalue weighted by Gasteiger charge is -2.48. The van der Waals surface area contributed by atoms with Crippen molar-refractivity contribution in [3.05, 3.63) is 65.4 Å². The number of dihydropyridines is 1. The van der Waals surface area contributed by atoms with Gasteiger partial charge in [-0.25, -0.2) is 4.98 Å². The Morgan fingerprint density at radius 3 is 2.67 bits per heavy atom. The van der Waals surface area contributed by atoms with E-state index in [0.717, 1.165) is 47.4 Å². The van der Waals surface area contributed by atoms with Crippen molar-refractivity contribution < 1.29 is 0 Å². The third kappa shape index (κ3) is 3.19. The zero-order valence-electron chi connectivity index (χ0n) is 16.6. The number of nitriles is 1. The monoisotopic (exact) mass is 398 g/mol. The van der Waals surface area contributed by atoms with Crippen molar-refractivity contribution >= 4 is 23.2 Å². The minimum absolute atomic E-state index is 0.272. The molecule has 3 saturated heterocycles. The normalized spacial score (nSPS) is 24.1. The average Bonchev–Trinajstić information content (AvgIpc) is 3.21. The molecule has 4 aliphatic heterocycles. The van der Waals surface area contributed by atoms with Crippen LogP contribution in [0.5, 0.6) is 0 Å². The molecule has 3 fully saturated rings. The number of allylic oxidation sites excluding steroid dienone is 4. The van der Waals surface area contributed by atoms with Gasteiger partial charge in [-0.3, -0.25) is 4.68 Å². The molecule has 2 aromatic heterocycles. The second kappa shape index (κ2) is 7.28. The van der Waals surface area contributed by atoms with Crippen LogP contribution in [0.1, 0.15) is 17.5 Å². The lowest BCUT2D eigenvalue weighted by atomic mass is 9.91. The van der Waals surface area contributed by atoms with Crippen LogP contribution in [0.3, 0.4) is 0 Å². The van der Waals surface area contributed by atoms with Crippen molar-refractivity contribution in [1.29, 1.82) is 10.7 Å². The molecule has 0 spiro atoms. The number of hydrogen-bond acceptors (Lipinski definition) is 7. The van der Waals surface area contributed by atoms with Crippen molar-refractivity contribution in [2.75, 3.05) is 18.0 Å². The molecule has 6 rings (SSSR count). The predicted octanol–water partition coefficient (Wildman–Crippen LogP) is 1.82. The van der Waals surface area contributed by atoms with Gasteiger partial charge in [0.05, 0.1) is 17.5 Å². The lowest BCUT2D eigenvalue weighted by Crippen LogP contribution is -2.67. The Morgan fingerprint density at radius 2 is 2.07 bits per heavy atom. The van der Waals surface area contributed by atoms with Gasteiger partial charge in [-0.15, -0.1) is 0 Å². The van der Waals surface area contributed by atoms with Crippen LogP contribution in [-0.2, 0) is 7.05 Å². The second-order valence-electron chi connectivity index (χ2n) is 7.86. The van der Waals surface area contributed by atoms with Crippen LogP contribution in [0.4, 0.5) is 5.82 Å². The number of rotatable bonds is 4. The molecule has 4 aliphatic rings. The summed E-state index contributed by atoms with van der Waals surface area (Å²) in [6.45, 7) is 1.97. The fourth-order valence-electron chi connectivity index (χ4n) is 4.28. The summed E-state index contributed by atoms with van der Waals surface area (Å²) in [4.78, 5) is 7.03. The quantitative estimate of drug-likeness (QED) is 0.536. The molecule has 0 radical (unpaired) electrons. The summed E-state index contributed by atoms with van der Waals surface area (Å²) in [6.07, 6.45) is 11.8. The number of hydrogen-bond donors (Lipinski definition) is 3. The van der Waals surface area contributed by atoms with Gasteiger partial charge >= 0.3 is 0 Å². The van der Waals surface area contributed by atoms with Crippen LogP contribution < -0.4 is 15.5 Å². The molecule has 6 heterocycles. The standard InChI is InChI=1S/C22H22N8/c1-29-11-17(10-27-29)15-4-20(22(26-9-15)16(6-23)7-24)14-2-3-21(25-8-14)30-12-18-5-19(13-30)28-18/h2-4,6,8-11,18-19,23,26,28H,5,12-13H2,1H3/b22-16+,23-6?. The zero-order chi connectivity index (χ0) is 20.7. The van der Waals surface area contributed by atoms with E-state index in [2.05, 4.69) is 26.7 Å². The van der Waals surface area contributed by atoms with Gasteiger partial charge in [0.15, 0.2) is 0 Å². The van der Waals surface area contributed by atoms with E-state index in [1.165, 1.54) is 6.42 Å². The molecule has 8 heteroatoms. The zero-order valence-corrected chi connectivity index (χ0v) is 16.6. The maximum absolute atomic E-state index is 9.48. The molecule has 2 atom stereocenters. The maximum Gasteiger partial charge on any atom is 0.128 e. The van der Waals surface area contributed by atoms with Crippen LogP contribution >= 0.6 is 0 Å². The number of pyridine rings is 1. The Hall–Kier alpha value is -3.70. The third-order valence-electron chi connectivity index (χ3n) is 5.82. The summed E-state index contributed by atoms with van der Waals surface area (Å²) in [5.41, 5.74) is 4.53. The summed E-state index contributed by atoms with van der Waals surface area (Å²) >= 11 is 0. The van der Waals surface area contributed by atoms with E-state index in [1.54, 1.807) is 10.9 Å². The van der Waals surface area contributed by atoms with Crippen LogP contribution in [-0.4, -0.2) is 46.2 Å². The number of piperazine rings is 1. The molecule has 3 N–H and O–H groups in total. The highest BCUT2D eigenvalue weighted by Crippen LogP contribution is 2.32. The first kappa shape index (κ1) is 18.3. The van der Waals surface area contributed by atoms with Crippen molar-refractivity contribution in [2.24, 2.45) is 7.05 Å². The van der Waals surface area contributed by atoms with Gasteiger partial charge in [-0.05, 0) is 24.6 Å². The molecular weight excluding hydrogens is 376 g/mol. The van der Waals surface area contributed by atoms with Gasteiger partial charge in [0.1, 0.15) is 11.9 Å². The third-order valence-corrected chi connectivity index (χ3v) is 5.82. The molecular formula is C22H22N8. The minimum Gasteiger partial charge on any atom is -0.359 e. The van der Waals surface area contributed by atoms with Crippen molar-refractivity contribution in [3.63, 3.8) is 0 Å². The van der Waals surface area contributed by atoms with Gasteiger partial charge < -0.3 is 20.9 Å². The molecule has 150 valence electrons. The summed E-state index contributed by atoms with van der Waals surface area (Å²) < 4.78 is 1.75. The number of aryl methyl sites for hydroxylation is 1. The van der Waals surface area contributed by atoms with E-state index in [1.807, 2.05) is 43.9 Å². The van der Waals surface area contributed by atoms with Crippen LogP contribution in [0.25, 0.3) is 11.1 Å². The maximum atomic E-state index is 9.48. The smallest absolute Gasteiger partial charge is 0.128 e. The molecule has 0 aromatic carbocycles. The second-order valence-corrected chi connectivity index (χ2v) is 7.86. The number of anilines is 1. The molecule has 0 amide bonds. The van der Waals surface area contributed by atoms with E-state index in [9.17, 15) is 5.26 Å². The van der Waals surface area contributed by atoms with E-state index < -0.39 is 0 Å². The number of piperidine rings is 1. The van der Waals surface area contributed by atoms with Gasteiger partial charge in [-0.1, -0.05) is 0 Å². The van der Waals surface area contributed by atoms with E-state index in [-0.39, 0.29) is 5.57 Å². The van der Waals surface area contributed by atoms with Crippen LogP contribution in [0, 0.1) is 16.7 Å². The fraction of sp³-hybridized carbons (Fsp3) is 0.273. The number of nitrogens with one attached hydrogen (secondary N) is 3. The topological polar surface area (TPSA) is 106 Å². The first-order chi connectivity index (χ1) is 14.6. The molecule has 0 aliphatic carbocycles. The Balaban J connectivity index is 1.50. The first-order valence-corrected chi connectivity index (χ1v) is 9.94. The largest absolute Gasteiger partial charge is 0.359 e. The van der Waals surface area contributed by atoms with E-state index >= 15 is 0 Å². The van der Waals surface area contributed by atoms with Crippen molar-refractivity contribution in [2.45, 2.75) is 18.5 Å². The Bertz CT molecular complexity index is 1110. The molecule has 2 aromatic rings. The van der Waals surface area contributed by atoms with E-state index in [0.29, 0.717) is 17.8 Å². The van der Waals surface area contributed by atoms with Crippen molar-refractivity contribution in [1.82, 2.24) is 25.4 Å². The van der Waals surface area contributed by atoms with Gasteiger partial charge in [-0.2, -0.15) is 10.4 Å². The SMILES string of the molecule is Cn1cc(C2=CN/C(=C(/C#N)C=N)C(c3ccc(N4CC5CC(C4)N5)nc3)=C2)cn1. The highest BCUT2D eigenvalue weighted by molar-refractivity contribution is 5.97. The predicted molar refractivity (Wildman–Crippen MR) is 115 cm³/mol. The summed E-state index contributed by atoms with van der Waals surface area (Å²) in [5, 5.41) is 28.1. The molecule has 2 bridgehead atoms. The first-order valence-electron chi connectivity index (χ1n) is 9.94. The molecule has 8 nitrogen and oxygen atoms in total. The minimum atomic E-state index is 0.272. The molecule has 30 heavy (non-hydrogen) atoms. The van der Waals surface area contributed by atoms with Gasteiger partial charge in [0.2, 0.25) is 0 Å². The summed E-state index contributed by atoms with van der Waals surface area (Å²) in [6, 6.07) is 7.32. The van der Waals surface area contributed by atoms with Gasteiger partial charge in [0, 0.05) is 79.3 Å². The number of nitrogens with zero attached hydrogens (tertiary/aromatic N) is 5. The number of fused-ring (bicyclic) bond motifs is 2. The lowest BCUT2D eigenvalue weighted by molar-refractivity contribution is 0.225. The Kier molecular flexibility index (Phi) is 4.45. The van der Waals surface area contributed by atoms with E-state index in [4.69, 9.17) is 10.4 Å². The molecule has 0 saturated carbocycles. The summed E-state index contributed by atoms with van der Waals surface area (Å²) in [5.74, 6) is 0.973. The van der Waals surface area contributed by atoms with Gasteiger partial charge in [0.25, 0.3) is 0 Å². The molecule has 2 unspecified atom stereocenters. The highest BCUT2D eigenvalue weighted by atomic mass is 15.3.